The fourth-order valence-corrected chi connectivity index (χ4v) is 4.02. The number of nitro benzene ring substituents is 1. The van der Waals surface area contributed by atoms with Gasteiger partial charge in [0.15, 0.2) is 0 Å². The highest BCUT2D eigenvalue weighted by molar-refractivity contribution is 5.91. The minimum Gasteiger partial charge on any atom is -0.496 e. The molecule has 6 heteroatoms. The van der Waals surface area contributed by atoms with Gasteiger partial charge in [-0.25, -0.2) is 0 Å². The Morgan fingerprint density at radius 2 is 1.59 bits per heavy atom. The predicted molar refractivity (Wildman–Crippen MR) is 114 cm³/mol. The van der Waals surface area contributed by atoms with Gasteiger partial charge in [0.05, 0.1) is 12.0 Å². The summed E-state index contributed by atoms with van der Waals surface area (Å²) in [7, 11) is 1.71. The molecule has 0 atom stereocenters. The highest BCUT2D eigenvalue weighted by atomic mass is 16.6. The summed E-state index contributed by atoms with van der Waals surface area (Å²) in [4.78, 5) is 15.5. The van der Waals surface area contributed by atoms with E-state index in [2.05, 4.69) is 40.1 Å². The number of ether oxygens (including phenoxy) is 1. The summed E-state index contributed by atoms with van der Waals surface area (Å²) < 4.78 is 5.50. The van der Waals surface area contributed by atoms with Crippen LogP contribution in [0, 0.1) is 10.1 Å². The maximum Gasteiger partial charge on any atom is 0.269 e. The lowest BCUT2D eigenvalue weighted by molar-refractivity contribution is -0.384. The molecule has 0 N–H and O–H groups in total. The van der Waals surface area contributed by atoms with E-state index in [1.54, 1.807) is 25.3 Å². The van der Waals surface area contributed by atoms with Gasteiger partial charge in [0.25, 0.3) is 5.69 Å². The van der Waals surface area contributed by atoms with Crippen LogP contribution in [0.2, 0.25) is 0 Å². The topological polar surface area (TPSA) is 58.8 Å². The van der Waals surface area contributed by atoms with E-state index >= 15 is 0 Å². The summed E-state index contributed by atoms with van der Waals surface area (Å²) in [5, 5.41) is 13.4. The van der Waals surface area contributed by atoms with Crippen LogP contribution in [0.3, 0.4) is 0 Å². The van der Waals surface area contributed by atoms with Crippen LogP contribution < -0.4 is 4.74 Å². The summed E-state index contributed by atoms with van der Waals surface area (Å²) in [6, 6.07) is 19.5. The van der Waals surface area contributed by atoms with Gasteiger partial charge in [-0.1, -0.05) is 42.5 Å². The van der Waals surface area contributed by atoms with Crippen molar-refractivity contribution in [2.45, 2.75) is 13.1 Å². The van der Waals surface area contributed by atoms with Crippen molar-refractivity contribution in [2.75, 3.05) is 33.3 Å². The molecule has 0 bridgehead atoms. The van der Waals surface area contributed by atoms with Gasteiger partial charge in [-0.2, -0.15) is 0 Å². The Balaban J connectivity index is 1.39. The Morgan fingerprint density at radius 3 is 2.28 bits per heavy atom. The average molecular weight is 391 g/mol. The number of rotatable bonds is 6. The molecule has 6 nitrogen and oxygen atoms in total. The average Bonchev–Trinajstić information content (AvgIpc) is 2.75. The molecule has 0 amide bonds. The van der Waals surface area contributed by atoms with Crippen LogP contribution in [0.15, 0.2) is 60.7 Å². The molecular formula is C23H25N3O3. The quantitative estimate of drug-likeness (QED) is 0.468. The van der Waals surface area contributed by atoms with Crippen LogP contribution in [0.4, 0.5) is 5.69 Å². The summed E-state index contributed by atoms with van der Waals surface area (Å²) in [6.45, 7) is 5.54. The molecule has 3 aromatic carbocycles. The molecule has 1 aliphatic rings. The third kappa shape index (κ3) is 4.39. The zero-order valence-corrected chi connectivity index (χ0v) is 16.6. The number of hydrogen-bond acceptors (Lipinski definition) is 5. The predicted octanol–water partition coefficient (Wildman–Crippen LogP) is 4.07. The highest BCUT2D eigenvalue weighted by Crippen LogP contribution is 2.29. The van der Waals surface area contributed by atoms with E-state index in [-0.39, 0.29) is 10.6 Å². The fraction of sp³-hybridized carbons (Fsp3) is 0.304. The number of hydrogen-bond donors (Lipinski definition) is 0. The molecule has 0 spiro atoms. The van der Waals surface area contributed by atoms with Crippen molar-refractivity contribution in [2.24, 2.45) is 0 Å². The molecule has 1 heterocycles. The second-order valence-electron chi connectivity index (χ2n) is 7.45. The molecular weight excluding hydrogens is 366 g/mol. The molecule has 0 unspecified atom stereocenters. The second kappa shape index (κ2) is 8.59. The highest BCUT2D eigenvalue weighted by Gasteiger charge is 2.19. The Morgan fingerprint density at radius 1 is 0.897 bits per heavy atom. The van der Waals surface area contributed by atoms with Gasteiger partial charge < -0.3 is 4.74 Å². The Kier molecular flexibility index (Phi) is 5.74. The first-order valence-electron chi connectivity index (χ1n) is 9.87. The summed E-state index contributed by atoms with van der Waals surface area (Å²) in [6.07, 6.45) is 0. The fourth-order valence-electron chi connectivity index (χ4n) is 4.02. The van der Waals surface area contributed by atoms with Crippen LogP contribution in [0.5, 0.6) is 5.75 Å². The summed E-state index contributed by atoms with van der Waals surface area (Å²) in [5.74, 6) is 0.908. The zero-order chi connectivity index (χ0) is 20.2. The Hall–Kier alpha value is -2.96. The van der Waals surface area contributed by atoms with E-state index < -0.39 is 0 Å². The van der Waals surface area contributed by atoms with Crippen molar-refractivity contribution in [3.63, 3.8) is 0 Å². The third-order valence-electron chi connectivity index (χ3n) is 5.58. The van der Waals surface area contributed by atoms with Gasteiger partial charge in [-0.05, 0) is 22.6 Å². The molecule has 0 aromatic heterocycles. The first kappa shape index (κ1) is 19.4. The van der Waals surface area contributed by atoms with Gasteiger partial charge >= 0.3 is 0 Å². The largest absolute Gasteiger partial charge is 0.496 e. The van der Waals surface area contributed by atoms with Crippen molar-refractivity contribution in [1.29, 1.82) is 0 Å². The molecule has 150 valence electrons. The molecule has 1 fully saturated rings. The minimum absolute atomic E-state index is 0.160. The van der Waals surface area contributed by atoms with Crippen molar-refractivity contribution < 1.29 is 9.66 Å². The third-order valence-corrected chi connectivity index (χ3v) is 5.58. The van der Waals surface area contributed by atoms with Crippen molar-refractivity contribution in [3.05, 3.63) is 81.9 Å². The van der Waals surface area contributed by atoms with Crippen molar-refractivity contribution in [1.82, 2.24) is 9.80 Å². The number of methoxy groups -OCH3 is 1. The lowest BCUT2D eigenvalue weighted by Crippen LogP contribution is -2.45. The van der Waals surface area contributed by atoms with E-state index in [4.69, 9.17) is 4.74 Å². The summed E-state index contributed by atoms with van der Waals surface area (Å²) >= 11 is 0. The number of non-ortho nitro benzene ring substituents is 1. The molecule has 29 heavy (non-hydrogen) atoms. The van der Waals surface area contributed by atoms with E-state index in [0.717, 1.165) is 56.0 Å². The molecule has 0 saturated carbocycles. The van der Waals surface area contributed by atoms with Crippen LogP contribution in [-0.4, -0.2) is 48.0 Å². The van der Waals surface area contributed by atoms with E-state index in [0.29, 0.717) is 0 Å². The van der Waals surface area contributed by atoms with Gasteiger partial charge in [0, 0.05) is 56.8 Å². The molecule has 0 radical (unpaired) electrons. The maximum atomic E-state index is 11.0. The number of nitrogens with zero attached hydrogens (tertiary/aromatic N) is 3. The van der Waals surface area contributed by atoms with E-state index in [1.165, 1.54) is 10.9 Å². The summed E-state index contributed by atoms with van der Waals surface area (Å²) in [5.41, 5.74) is 2.47. The standard InChI is InChI=1S/C23H25N3O3/c1-29-23-10-9-19(21-7-2-3-8-22(21)23)17-25-13-11-24(12-14-25)16-18-5-4-6-20(15-18)26(27)28/h2-10,15H,11-14,16-17H2,1H3. The van der Waals surface area contributed by atoms with Crippen LogP contribution in [-0.2, 0) is 13.1 Å². The molecule has 1 aliphatic heterocycles. The molecule has 4 rings (SSSR count). The van der Waals surface area contributed by atoms with Crippen molar-refractivity contribution >= 4 is 16.5 Å². The minimum atomic E-state index is -0.333. The van der Waals surface area contributed by atoms with Crippen LogP contribution in [0.1, 0.15) is 11.1 Å². The Bertz CT molecular complexity index is 1010. The lowest BCUT2D eigenvalue weighted by atomic mass is 10.0. The van der Waals surface area contributed by atoms with Crippen LogP contribution >= 0.6 is 0 Å². The smallest absolute Gasteiger partial charge is 0.269 e. The molecule has 0 aliphatic carbocycles. The first-order chi connectivity index (χ1) is 14.1. The van der Waals surface area contributed by atoms with Gasteiger partial charge in [0.1, 0.15) is 5.75 Å². The van der Waals surface area contributed by atoms with Crippen LogP contribution in [0.25, 0.3) is 10.8 Å². The zero-order valence-electron chi connectivity index (χ0n) is 16.6. The lowest BCUT2D eigenvalue weighted by Gasteiger charge is -2.35. The Labute approximate surface area is 170 Å². The number of benzene rings is 3. The van der Waals surface area contributed by atoms with Gasteiger partial charge in [0.2, 0.25) is 0 Å². The maximum absolute atomic E-state index is 11.0. The van der Waals surface area contributed by atoms with Gasteiger partial charge in [-0.3, -0.25) is 19.9 Å². The normalized spacial score (nSPS) is 15.5. The monoisotopic (exact) mass is 391 g/mol. The molecule has 3 aromatic rings. The SMILES string of the molecule is COc1ccc(CN2CCN(Cc3cccc([N+](=O)[O-])c3)CC2)c2ccccc12. The first-order valence-corrected chi connectivity index (χ1v) is 9.87. The van der Waals surface area contributed by atoms with E-state index in [9.17, 15) is 10.1 Å². The van der Waals surface area contributed by atoms with Gasteiger partial charge in [-0.15, -0.1) is 0 Å². The number of fused-ring (bicyclic) bond motifs is 1. The number of piperazine rings is 1. The molecule has 1 saturated heterocycles. The van der Waals surface area contributed by atoms with E-state index in [1.807, 2.05) is 12.1 Å². The van der Waals surface area contributed by atoms with Crippen molar-refractivity contribution in [3.8, 4) is 5.75 Å². The number of nitro groups is 1. The second-order valence-corrected chi connectivity index (χ2v) is 7.45.